The van der Waals surface area contributed by atoms with Crippen molar-refractivity contribution in [2.75, 3.05) is 13.3 Å². The van der Waals surface area contributed by atoms with Crippen molar-refractivity contribution in [3.05, 3.63) is 87.6 Å². The number of nitrogens with one attached hydrogen (secondary N) is 1. The Kier molecular flexibility index (Phi) is 6.01. The van der Waals surface area contributed by atoms with Crippen LogP contribution in [0.25, 0.3) is 17.1 Å². The molecule has 0 unspecified atom stereocenters. The summed E-state index contributed by atoms with van der Waals surface area (Å²) in [6.07, 6.45) is 6.16. The Hall–Kier alpha value is -4.11. The van der Waals surface area contributed by atoms with Crippen LogP contribution in [0.5, 0.6) is 11.5 Å². The number of halogens is 1. The summed E-state index contributed by atoms with van der Waals surface area (Å²) < 4.78 is 13.7. The second-order valence-corrected chi connectivity index (χ2v) is 8.08. The number of rotatable bonds is 7. The molecule has 4 aromatic rings. The quantitative estimate of drug-likeness (QED) is 0.411. The summed E-state index contributed by atoms with van der Waals surface area (Å²) >= 11 is 5.92. The maximum Gasteiger partial charge on any atom is 0.264 e. The van der Waals surface area contributed by atoms with Gasteiger partial charge in [-0.05, 0) is 41.5 Å². The highest BCUT2D eigenvalue weighted by Crippen LogP contribution is 2.32. The molecule has 3 heterocycles. The van der Waals surface area contributed by atoms with Crippen molar-refractivity contribution in [1.82, 2.24) is 24.6 Å². The van der Waals surface area contributed by atoms with E-state index in [2.05, 4.69) is 15.4 Å². The lowest BCUT2D eigenvalue weighted by Gasteiger charge is -2.07. The van der Waals surface area contributed by atoms with Crippen molar-refractivity contribution in [3.8, 4) is 11.5 Å². The van der Waals surface area contributed by atoms with Gasteiger partial charge in [0, 0.05) is 17.6 Å². The Morgan fingerprint density at radius 2 is 1.97 bits per heavy atom. The molecule has 0 aliphatic carbocycles. The molecular formula is C24H20ClN5O4. The highest BCUT2D eigenvalue weighted by Gasteiger charge is 2.13. The van der Waals surface area contributed by atoms with Crippen LogP contribution in [0.3, 0.4) is 0 Å². The Labute approximate surface area is 199 Å². The molecule has 1 N–H and O–H groups in total. The zero-order chi connectivity index (χ0) is 23.5. The summed E-state index contributed by atoms with van der Waals surface area (Å²) in [7, 11) is 0. The molecular weight excluding hydrogens is 458 g/mol. The number of benzene rings is 2. The van der Waals surface area contributed by atoms with E-state index in [1.165, 1.54) is 23.2 Å². The van der Waals surface area contributed by atoms with E-state index < -0.39 is 0 Å². The maximum absolute atomic E-state index is 12.8. The van der Waals surface area contributed by atoms with Crippen LogP contribution in [-0.2, 0) is 17.9 Å². The molecule has 0 atom stereocenters. The third kappa shape index (κ3) is 4.65. The van der Waals surface area contributed by atoms with E-state index >= 15 is 0 Å². The molecule has 0 fully saturated rings. The van der Waals surface area contributed by atoms with E-state index in [1.807, 2.05) is 24.3 Å². The van der Waals surface area contributed by atoms with Gasteiger partial charge < -0.3 is 14.8 Å². The minimum Gasteiger partial charge on any atom is -0.454 e. The predicted molar refractivity (Wildman–Crippen MR) is 127 cm³/mol. The van der Waals surface area contributed by atoms with Gasteiger partial charge in [0.2, 0.25) is 12.7 Å². The number of hydrogen-bond acceptors (Lipinski definition) is 6. The Bertz CT molecular complexity index is 1440. The first-order chi connectivity index (χ1) is 16.6. The highest BCUT2D eigenvalue weighted by atomic mass is 35.5. The highest BCUT2D eigenvalue weighted by molar-refractivity contribution is 6.30. The van der Waals surface area contributed by atoms with Crippen LogP contribution in [0, 0.1) is 0 Å². The molecule has 1 aliphatic heterocycles. The molecule has 1 amide bonds. The maximum atomic E-state index is 12.8. The molecule has 2 aromatic carbocycles. The van der Waals surface area contributed by atoms with E-state index in [9.17, 15) is 9.59 Å². The average molecular weight is 478 g/mol. The SMILES string of the molecule is O=C(/C=C\c1ccc2c(c1)OCO2)NCCn1ncc2c(=O)n(Cc3ccc(Cl)cc3)cnc21. The molecule has 2 aromatic heterocycles. The number of fused-ring (bicyclic) bond motifs is 2. The molecule has 0 radical (unpaired) electrons. The van der Waals surface area contributed by atoms with Crippen LogP contribution < -0.4 is 20.3 Å². The van der Waals surface area contributed by atoms with Crippen LogP contribution in [-0.4, -0.2) is 38.6 Å². The molecule has 0 spiro atoms. The van der Waals surface area contributed by atoms with Crippen LogP contribution in [0.1, 0.15) is 11.1 Å². The van der Waals surface area contributed by atoms with Crippen LogP contribution in [0.2, 0.25) is 5.02 Å². The van der Waals surface area contributed by atoms with Crippen LogP contribution in [0.4, 0.5) is 0 Å². The fourth-order valence-electron chi connectivity index (χ4n) is 3.59. The van der Waals surface area contributed by atoms with Crippen molar-refractivity contribution in [2.24, 2.45) is 0 Å². The van der Waals surface area contributed by atoms with Gasteiger partial charge in [-0.3, -0.25) is 14.2 Å². The first kappa shape index (κ1) is 21.7. The van der Waals surface area contributed by atoms with Crippen LogP contribution in [0.15, 0.2) is 65.9 Å². The number of carbonyl (C=O) groups excluding carboxylic acids is 1. The van der Waals surface area contributed by atoms with Crippen molar-refractivity contribution >= 4 is 34.6 Å². The lowest BCUT2D eigenvalue weighted by atomic mass is 10.2. The van der Waals surface area contributed by atoms with Gasteiger partial charge in [0.15, 0.2) is 17.1 Å². The number of carbonyl (C=O) groups is 1. The third-order valence-corrected chi connectivity index (χ3v) is 5.59. The van der Waals surface area contributed by atoms with E-state index in [0.717, 1.165) is 11.1 Å². The minimum atomic E-state index is -0.243. The summed E-state index contributed by atoms with van der Waals surface area (Å²) in [5.41, 5.74) is 2.07. The second-order valence-electron chi connectivity index (χ2n) is 7.65. The monoisotopic (exact) mass is 477 g/mol. The van der Waals surface area contributed by atoms with Gasteiger partial charge in [-0.2, -0.15) is 5.10 Å². The smallest absolute Gasteiger partial charge is 0.264 e. The van der Waals surface area contributed by atoms with E-state index in [1.54, 1.807) is 29.0 Å². The van der Waals surface area contributed by atoms with Gasteiger partial charge in [0.1, 0.15) is 11.7 Å². The molecule has 9 nitrogen and oxygen atoms in total. The Morgan fingerprint density at radius 3 is 2.82 bits per heavy atom. The molecule has 172 valence electrons. The minimum absolute atomic E-state index is 0.179. The summed E-state index contributed by atoms with van der Waals surface area (Å²) in [5.74, 6) is 1.11. The van der Waals surface area contributed by atoms with Crippen molar-refractivity contribution in [1.29, 1.82) is 0 Å². The average Bonchev–Trinajstić information content (AvgIpc) is 3.48. The topological polar surface area (TPSA) is 100 Å². The van der Waals surface area contributed by atoms with Crippen molar-refractivity contribution in [3.63, 3.8) is 0 Å². The van der Waals surface area contributed by atoms with E-state index in [0.29, 0.717) is 47.2 Å². The summed E-state index contributed by atoms with van der Waals surface area (Å²) in [6, 6.07) is 12.8. The third-order valence-electron chi connectivity index (χ3n) is 5.34. The molecule has 10 heteroatoms. The van der Waals surface area contributed by atoms with Gasteiger partial charge in [-0.25, -0.2) is 9.67 Å². The van der Waals surface area contributed by atoms with Gasteiger partial charge in [-0.1, -0.05) is 29.8 Å². The molecule has 0 saturated carbocycles. The summed E-state index contributed by atoms with van der Waals surface area (Å²) in [6.45, 7) is 1.30. The zero-order valence-corrected chi connectivity index (χ0v) is 18.7. The Morgan fingerprint density at radius 1 is 1.15 bits per heavy atom. The van der Waals surface area contributed by atoms with Crippen molar-refractivity contribution in [2.45, 2.75) is 13.1 Å². The fourth-order valence-corrected chi connectivity index (χ4v) is 3.72. The standard InChI is InChI=1S/C24H20ClN5O4/c25-18-5-1-17(2-6-18)13-29-14-27-23-19(24(29)32)12-28-30(23)10-9-26-22(31)8-4-16-3-7-20-21(11-16)34-15-33-20/h1-8,11-12,14H,9-10,13,15H2,(H,26,31)/b8-4-. The normalized spacial score (nSPS) is 12.5. The molecule has 0 bridgehead atoms. The molecule has 5 rings (SSSR count). The lowest BCUT2D eigenvalue weighted by molar-refractivity contribution is -0.116. The van der Waals surface area contributed by atoms with E-state index in [4.69, 9.17) is 21.1 Å². The lowest BCUT2D eigenvalue weighted by Crippen LogP contribution is -2.26. The number of hydrogen-bond donors (Lipinski definition) is 1. The second kappa shape index (κ2) is 9.40. The first-order valence-corrected chi connectivity index (χ1v) is 11.0. The van der Waals surface area contributed by atoms with Gasteiger partial charge in [0.25, 0.3) is 5.56 Å². The number of amides is 1. The molecule has 1 aliphatic rings. The number of aromatic nitrogens is 4. The number of ether oxygens (including phenoxy) is 2. The fraction of sp³-hybridized carbons (Fsp3) is 0.167. The molecule has 0 saturated heterocycles. The largest absolute Gasteiger partial charge is 0.454 e. The number of nitrogens with zero attached hydrogens (tertiary/aromatic N) is 4. The first-order valence-electron chi connectivity index (χ1n) is 10.6. The van der Waals surface area contributed by atoms with Gasteiger partial charge in [-0.15, -0.1) is 0 Å². The van der Waals surface area contributed by atoms with Gasteiger partial charge in [0.05, 0.1) is 19.3 Å². The van der Waals surface area contributed by atoms with Crippen molar-refractivity contribution < 1.29 is 14.3 Å². The van der Waals surface area contributed by atoms with Crippen LogP contribution >= 0.6 is 11.6 Å². The zero-order valence-electron chi connectivity index (χ0n) is 18.0. The molecule has 34 heavy (non-hydrogen) atoms. The predicted octanol–water partition coefficient (Wildman–Crippen LogP) is 2.85. The Balaban J connectivity index is 1.19. The summed E-state index contributed by atoms with van der Waals surface area (Å²) in [5, 5.41) is 8.14. The van der Waals surface area contributed by atoms with Gasteiger partial charge >= 0.3 is 0 Å². The summed E-state index contributed by atoms with van der Waals surface area (Å²) in [4.78, 5) is 29.4. The van der Waals surface area contributed by atoms with E-state index in [-0.39, 0.29) is 18.3 Å².